The molecular weight excluding hydrogens is 532 g/mol. The Balaban J connectivity index is 1.55. The molecule has 42 heavy (non-hydrogen) atoms. The summed E-state index contributed by atoms with van der Waals surface area (Å²) in [6.07, 6.45) is -0.147. The first-order valence-corrected chi connectivity index (χ1v) is 13.9. The lowest BCUT2D eigenvalue weighted by atomic mass is 9.96. The van der Waals surface area contributed by atoms with Gasteiger partial charge in [-0.05, 0) is 71.8 Å². The van der Waals surface area contributed by atoms with E-state index < -0.39 is 24.1 Å². The first-order valence-electron chi connectivity index (χ1n) is 13.9. The van der Waals surface area contributed by atoms with Crippen LogP contribution in [-0.4, -0.2) is 31.2 Å². The van der Waals surface area contributed by atoms with Crippen molar-refractivity contribution in [3.05, 3.63) is 101 Å². The van der Waals surface area contributed by atoms with Gasteiger partial charge < -0.3 is 25.8 Å². The molecule has 9 heteroatoms. The number of hydrogen-bond donors (Lipinski definition) is 4. The van der Waals surface area contributed by atoms with Gasteiger partial charge in [-0.3, -0.25) is 14.9 Å². The highest BCUT2D eigenvalue weighted by Crippen LogP contribution is 2.29. The van der Waals surface area contributed by atoms with Gasteiger partial charge in [0.25, 0.3) is 0 Å². The van der Waals surface area contributed by atoms with E-state index in [-0.39, 0.29) is 25.5 Å². The summed E-state index contributed by atoms with van der Waals surface area (Å²) in [4.78, 5) is 39.1. The molecule has 4 aromatic rings. The molecule has 2 amide bonds. The fourth-order valence-corrected chi connectivity index (χ4v) is 5.18. The summed E-state index contributed by atoms with van der Waals surface area (Å²) in [7, 11) is 0. The number of esters is 1. The van der Waals surface area contributed by atoms with Gasteiger partial charge in [0.05, 0.1) is 25.7 Å². The third kappa shape index (κ3) is 6.63. The molecule has 4 bridgehead atoms. The molecule has 0 radical (unpaired) electrons. The molecule has 9 nitrogen and oxygen atoms in total. The van der Waals surface area contributed by atoms with Crippen molar-refractivity contribution in [1.82, 2.24) is 5.32 Å². The second-order valence-corrected chi connectivity index (χ2v) is 10.3. The summed E-state index contributed by atoms with van der Waals surface area (Å²) in [5, 5.41) is 11.1. The lowest BCUT2D eigenvalue weighted by Crippen LogP contribution is -2.37. The van der Waals surface area contributed by atoms with Gasteiger partial charge in [0, 0.05) is 28.9 Å². The van der Waals surface area contributed by atoms with Crippen molar-refractivity contribution in [3.63, 3.8) is 0 Å². The number of fused-ring (bicyclic) bond motifs is 10. The minimum Gasteiger partial charge on any atom is -0.466 e. The van der Waals surface area contributed by atoms with Crippen LogP contribution in [0, 0.1) is 6.92 Å². The zero-order valence-corrected chi connectivity index (χ0v) is 23.6. The highest BCUT2D eigenvalue weighted by Gasteiger charge is 2.27. The van der Waals surface area contributed by atoms with Crippen LogP contribution in [0.3, 0.4) is 0 Å². The standard InChI is InChI=1S/C33H34N4O5/c1-3-41-30(38)19-29-23-7-4-8-25(18-23)36-33(40)42-15-14-21-10-11-24(16-20(21)2)31(32(39)37-29)35-26-12-13-27-22(17-26)6-5-9-28(27)34/h4-13,16-18,29,31,35H,3,14-15,19,34H2,1-2H3,(H,36,40)(H,37,39). The normalized spacial score (nSPS) is 17.2. The fourth-order valence-electron chi connectivity index (χ4n) is 5.18. The number of benzene rings is 4. The Morgan fingerprint density at radius 3 is 2.67 bits per heavy atom. The number of anilines is 3. The minimum atomic E-state index is -0.784. The second-order valence-electron chi connectivity index (χ2n) is 10.3. The Kier molecular flexibility index (Phi) is 8.57. The van der Waals surface area contributed by atoms with Gasteiger partial charge in [0.1, 0.15) is 6.04 Å². The van der Waals surface area contributed by atoms with E-state index in [1.807, 2.05) is 61.5 Å². The van der Waals surface area contributed by atoms with E-state index in [0.717, 1.165) is 33.2 Å². The molecule has 2 aliphatic rings. The fraction of sp³-hybridized carbons (Fsp3) is 0.242. The van der Waals surface area contributed by atoms with Crippen LogP contribution < -0.4 is 21.7 Å². The number of ether oxygens (including phenoxy) is 2. The molecule has 2 unspecified atom stereocenters. The molecular formula is C33H34N4O5. The van der Waals surface area contributed by atoms with E-state index in [1.165, 1.54) is 0 Å². The van der Waals surface area contributed by atoms with Crippen molar-refractivity contribution in [2.24, 2.45) is 0 Å². The van der Waals surface area contributed by atoms with E-state index in [4.69, 9.17) is 15.2 Å². The summed E-state index contributed by atoms with van der Waals surface area (Å²) >= 11 is 0. The number of carbonyl (C=O) groups excluding carboxylic acids is 3. The summed E-state index contributed by atoms with van der Waals surface area (Å²) in [5.41, 5.74) is 11.4. The molecule has 2 aliphatic heterocycles. The molecule has 216 valence electrons. The molecule has 0 fully saturated rings. The summed E-state index contributed by atoms with van der Waals surface area (Å²) in [5.74, 6) is -0.777. The van der Waals surface area contributed by atoms with Crippen LogP contribution in [0.4, 0.5) is 21.9 Å². The molecule has 5 N–H and O–H groups in total. The average Bonchev–Trinajstić information content (AvgIpc) is 2.96. The number of nitrogens with one attached hydrogen (secondary N) is 3. The van der Waals surface area contributed by atoms with Crippen molar-refractivity contribution in [3.8, 4) is 0 Å². The molecule has 0 aromatic heterocycles. The van der Waals surface area contributed by atoms with Crippen LogP contribution in [0.25, 0.3) is 10.8 Å². The predicted molar refractivity (Wildman–Crippen MR) is 163 cm³/mol. The number of rotatable bonds is 5. The predicted octanol–water partition coefficient (Wildman–Crippen LogP) is 5.80. The first kappa shape index (κ1) is 28.5. The number of hydrogen-bond acceptors (Lipinski definition) is 7. The maximum Gasteiger partial charge on any atom is 0.411 e. The zero-order valence-electron chi connectivity index (χ0n) is 23.6. The van der Waals surface area contributed by atoms with Crippen LogP contribution in [0.5, 0.6) is 0 Å². The third-order valence-corrected chi connectivity index (χ3v) is 7.32. The van der Waals surface area contributed by atoms with Gasteiger partial charge in [-0.2, -0.15) is 0 Å². The van der Waals surface area contributed by atoms with Crippen LogP contribution in [0.15, 0.2) is 78.9 Å². The Labute approximate surface area is 244 Å². The molecule has 0 saturated carbocycles. The second kappa shape index (κ2) is 12.6. The summed E-state index contributed by atoms with van der Waals surface area (Å²) in [6, 6.07) is 22.8. The molecule has 0 saturated heterocycles. The number of nitrogens with two attached hydrogens (primary N) is 1. The van der Waals surface area contributed by atoms with Gasteiger partial charge in [0.2, 0.25) is 5.91 Å². The molecule has 4 aromatic carbocycles. The first-order chi connectivity index (χ1) is 20.3. The van der Waals surface area contributed by atoms with E-state index in [1.54, 1.807) is 31.2 Å². The van der Waals surface area contributed by atoms with Crippen molar-refractivity contribution >= 4 is 45.8 Å². The van der Waals surface area contributed by atoms with Crippen LogP contribution in [0.2, 0.25) is 0 Å². The third-order valence-electron chi connectivity index (χ3n) is 7.32. The molecule has 0 aliphatic carbocycles. The van der Waals surface area contributed by atoms with Crippen LogP contribution >= 0.6 is 0 Å². The monoisotopic (exact) mass is 566 g/mol. The van der Waals surface area contributed by atoms with Crippen LogP contribution in [0.1, 0.15) is 47.7 Å². The molecule has 6 rings (SSSR count). The average molecular weight is 567 g/mol. The van der Waals surface area contributed by atoms with Gasteiger partial charge in [-0.15, -0.1) is 0 Å². The highest BCUT2D eigenvalue weighted by molar-refractivity contribution is 5.95. The highest BCUT2D eigenvalue weighted by atomic mass is 16.5. The maximum atomic E-state index is 14.1. The number of aryl methyl sites for hydroxylation is 1. The van der Waals surface area contributed by atoms with Crippen molar-refractivity contribution in [2.45, 2.75) is 38.8 Å². The van der Waals surface area contributed by atoms with E-state index >= 15 is 0 Å². The minimum absolute atomic E-state index is 0.0899. The van der Waals surface area contributed by atoms with Crippen molar-refractivity contribution < 1.29 is 23.9 Å². The zero-order chi connectivity index (χ0) is 29.6. The quantitative estimate of drug-likeness (QED) is 0.177. The van der Waals surface area contributed by atoms with Gasteiger partial charge in [-0.25, -0.2) is 4.79 Å². The Morgan fingerprint density at radius 1 is 1.02 bits per heavy atom. The number of nitrogen functional groups attached to an aromatic ring is 1. The van der Waals surface area contributed by atoms with Crippen LogP contribution in [-0.2, 0) is 25.5 Å². The SMILES string of the molecule is CCOC(=O)CC1NC(=O)C(Nc2ccc3c(N)cccc3c2)c2ccc(c(C)c2)CCOC(=O)Nc2cccc1c2. The lowest BCUT2D eigenvalue weighted by molar-refractivity contribution is -0.143. The smallest absolute Gasteiger partial charge is 0.411 e. The lowest BCUT2D eigenvalue weighted by Gasteiger charge is -2.26. The Bertz CT molecular complexity index is 1640. The van der Waals surface area contributed by atoms with Gasteiger partial charge in [-0.1, -0.05) is 48.5 Å². The largest absolute Gasteiger partial charge is 0.466 e. The topological polar surface area (TPSA) is 132 Å². The van der Waals surface area contributed by atoms with Gasteiger partial charge >= 0.3 is 12.1 Å². The number of amides is 2. The van der Waals surface area contributed by atoms with Crippen molar-refractivity contribution in [1.29, 1.82) is 0 Å². The maximum absolute atomic E-state index is 14.1. The van der Waals surface area contributed by atoms with E-state index in [0.29, 0.717) is 23.4 Å². The van der Waals surface area contributed by atoms with E-state index in [2.05, 4.69) is 16.0 Å². The summed E-state index contributed by atoms with van der Waals surface area (Å²) in [6.45, 7) is 4.10. The molecule has 0 spiro atoms. The van der Waals surface area contributed by atoms with E-state index in [9.17, 15) is 14.4 Å². The number of carbonyl (C=O) groups is 3. The summed E-state index contributed by atoms with van der Waals surface area (Å²) < 4.78 is 10.6. The Morgan fingerprint density at radius 2 is 1.86 bits per heavy atom. The molecule has 2 atom stereocenters. The van der Waals surface area contributed by atoms with Crippen molar-refractivity contribution in [2.75, 3.05) is 29.6 Å². The Hall–Kier alpha value is -5.05. The van der Waals surface area contributed by atoms with Gasteiger partial charge in [0.15, 0.2) is 0 Å². The molecule has 2 heterocycles.